The number of hydrogen-bond donors (Lipinski definition) is 0. The molecule has 0 unspecified atom stereocenters. The Morgan fingerprint density at radius 2 is 1.78 bits per heavy atom. The summed E-state index contributed by atoms with van der Waals surface area (Å²) >= 11 is 0. The van der Waals surface area contributed by atoms with E-state index in [1.807, 2.05) is 20.8 Å². The van der Waals surface area contributed by atoms with Crippen molar-refractivity contribution in [3.63, 3.8) is 0 Å². The summed E-state index contributed by atoms with van der Waals surface area (Å²) in [5.41, 5.74) is -0.197. The summed E-state index contributed by atoms with van der Waals surface area (Å²) in [7, 11) is 0. The lowest BCUT2D eigenvalue weighted by molar-refractivity contribution is -0.123. The minimum absolute atomic E-state index is 0.217. The molecule has 2 rings (SSSR count). The quantitative estimate of drug-likeness (QED) is 0.666. The van der Waals surface area contributed by atoms with E-state index < -0.39 is 5.60 Å². The Morgan fingerprint density at radius 3 is 2.22 bits per heavy atom. The lowest BCUT2D eigenvalue weighted by Gasteiger charge is -2.53. The SMILES string of the molecule is CC(C)(C)OC(=O)N1CC2(CCN(C=O)CC2)C1. The summed E-state index contributed by atoms with van der Waals surface area (Å²) in [6.45, 7) is 8.80. The van der Waals surface area contributed by atoms with Crippen molar-refractivity contribution in [2.24, 2.45) is 5.41 Å². The second kappa shape index (κ2) is 4.44. The van der Waals surface area contributed by atoms with Gasteiger partial charge in [0.1, 0.15) is 5.60 Å². The zero-order chi connectivity index (χ0) is 13.4. The van der Waals surface area contributed by atoms with Crippen molar-refractivity contribution >= 4 is 12.5 Å². The Kier molecular flexibility index (Phi) is 3.25. The normalized spacial score (nSPS) is 22.6. The van der Waals surface area contributed by atoms with Gasteiger partial charge in [-0.25, -0.2) is 4.79 Å². The van der Waals surface area contributed by atoms with Gasteiger partial charge in [-0.05, 0) is 33.6 Å². The molecule has 0 N–H and O–H groups in total. The van der Waals surface area contributed by atoms with Crippen LogP contribution in [-0.2, 0) is 9.53 Å². The standard InChI is InChI=1S/C13H22N2O3/c1-12(2,3)18-11(17)15-8-13(9-15)4-6-14(10-16)7-5-13/h10H,4-9H2,1-3H3. The summed E-state index contributed by atoms with van der Waals surface area (Å²) in [5, 5.41) is 0. The molecule has 0 aromatic heterocycles. The van der Waals surface area contributed by atoms with Crippen molar-refractivity contribution in [2.75, 3.05) is 26.2 Å². The van der Waals surface area contributed by atoms with Crippen LogP contribution in [0.3, 0.4) is 0 Å². The second-order valence-electron chi connectivity index (χ2n) is 6.48. The number of piperidine rings is 1. The van der Waals surface area contributed by atoms with Gasteiger partial charge in [0.25, 0.3) is 0 Å². The van der Waals surface area contributed by atoms with Crippen LogP contribution in [0.25, 0.3) is 0 Å². The van der Waals surface area contributed by atoms with Crippen LogP contribution >= 0.6 is 0 Å². The molecular formula is C13H22N2O3. The predicted octanol–water partition coefficient (Wildman–Crippen LogP) is 1.48. The zero-order valence-corrected chi connectivity index (χ0v) is 11.4. The van der Waals surface area contributed by atoms with E-state index in [-0.39, 0.29) is 11.5 Å². The van der Waals surface area contributed by atoms with Crippen LogP contribution < -0.4 is 0 Å². The number of nitrogens with zero attached hydrogens (tertiary/aromatic N) is 2. The molecule has 0 radical (unpaired) electrons. The van der Waals surface area contributed by atoms with E-state index >= 15 is 0 Å². The average Bonchev–Trinajstić information content (AvgIpc) is 2.23. The fourth-order valence-electron chi connectivity index (χ4n) is 2.64. The van der Waals surface area contributed by atoms with Gasteiger partial charge in [0, 0.05) is 31.6 Å². The molecule has 1 spiro atoms. The first-order valence-electron chi connectivity index (χ1n) is 6.51. The Bertz CT molecular complexity index is 333. The van der Waals surface area contributed by atoms with E-state index in [2.05, 4.69) is 0 Å². The maximum atomic E-state index is 11.8. The number of ether oxygens (including phenoxy) is 1. The van der Waals surface area contributed by atoms with E-state index in [0.29, 0.717) is 0 Å². The largest absolute Gasteiger partial charge is 0.444 e. The molecule has 2 aliphatic heterocycles. The molecule has 102 valence electrons. The highest BCUT2D eigenvalue weighted by Gasteiger charge is 2.47. The van der Waals surface area contributed by atoms with Gasteiger partial charge in [-0.3, -0.25) is 4.79 Å². The first kappa shape index (κ1) is 13.2. The number of carbonyl (C=O) groups excluding carboxylic acids is 2. The Morgan fingerprint density at radius 1 is 1.22 bits per heavy atom. The van der Waals surface area contributed by atoms with Gasteiger partial charge in [-0.15, -0.1) is 0 Å². The number of carbonyl (C=O) groups is 2. The highest BCUT2D eigenvalue weighted by atomic mass is 16.6. The van der Waals surface area contributed by atoms with Crippen LogP contribution in [0.1, 0.15) is 33.6 Å². The first-order valence-corrected chi connectivity index (χ1v) is 6.51. The summed E-state index contributed by atoms with van der Waals surface area (Å²) in [4.78, 5) is 26.0. The third-order valence-corrected chi connectivity index (χ3v) is 3.71. The number of amides is 2. The third kappa shape index (κ3) is 2.76. The maximum absolute atomic E-state index is 11.8. The molecule has 2 aliphatic rings. The zero-order valence-electron chi connectivity index (χ0n) is 11.4. The molecule has 0 aromatic carbocycles. The summed E-state index contributed by atoms with van der Waals surface area (Å²) in [6.07, 6.45) is 2.68. The van der Waals surface area contributed by atoms with E-state index in [1.165, 1.54) is 0 Å². The van der Waals surface area contributed by atoms with Gasteiger partial charge in [0.2, 0.25) is 6.41 Å². The van der Waals surface area contributed by atoms with E-state index in [0.717, 1.165) is 45.4 Å². The minimum Gasteiger partial charge on any atom is -0.444 e. The van der Waals surface area contributed by atoms with Crippen LogP contribution in [0.5, 0.6) is 0 Å². The molecule has 2 amide bonds. The second-order valence-corrected chi connectivity index (χ2v) is 6.48. The highest BCUT2D eigenvalue weighted by molar-refractivity contribution is 5.69. The fourth-order valence-corrected chi connectivity index (χ4v) is 2.64. The van der Waals surface area contributed by atoms with Crippen LogP contribution in [0, 0.1) is 5.41 Å². The molecule has 0 aliphatic carbocycles. The lowest BCUT2D eigenvalue weighted by atomic mass is 9.72. The molecule has 5 nitrogen and oxygen atoms in total. The van der Waals surface area contributed by atoms with Gasteiger partial charge in [-0.2, -0.15) is 0 Å². The molecule has 18 heavy (non-hydrogen) atoms. The molecule has 0 atom stereocenters. The van der Waals surface area contributed by atoms with Crippen LogP contribution in [-0.4, -0.2) is 54.1 Å². The molecule has 2 fully saturated rings. The van der Waals surface area contributed by atoms with E-state index in [1.54, 1.807) is 9.80 Å². The predicted molar refractivity (Wildman–Crippen MR) is 67.1 cm³/mol. The Labute approximate surface area is 108 Å². The lowest BCUT2D eigenvalue weighted by Crippen LogP contribution is -2.62. The van der Waals surface area contributed by atoms with E-state index in [4.69, 9.17) is 4.74 Å². The van der Waals surface area contributed by atoms with Gasteiger partial charge in [0.05, 0.1) is 0 Å². The molecule has 2 saturated heterocycles. The van der Waals surface area contributed by atoms with Crippen LogP contribution in [0.15, 0.2) is 0 Å². The summed E-state index contributed by atoms with van der Waals surface area (Å²) in [5.74, 6) is 0. The van der Waals surface area contributed by atoms with Crippen molar-refractivity contribution in [2.45, 2.75) is 39.2 Å². The summed E-state index contributed by atoms with van der Waals surface area (Å²) in [6, 6.07) is 0. The maximum Gasteiger partial charge on any atom is 0.410 e. The Hall–Kier alpha value is -1.26. The smallest absolute Gasteiger partial charge is 0.410 e. The average molecular weight is 254 g/mol. The molecule has 0 saturated carbocycles. The molecule has 2 heterocycles. The van der Waals surface area contributed by atoms with Crippen molar-refractivity contribution in [1.29, 1.82) is 0 Å². The minimum atomic E-state index is -0.430. The molecular weight excluding hydrogens is 232 g/mol. The van der Waals surface area contributed by atoms with E-state index in [9.17, 15) is 9.59 Å². The fraction of sp³-hybridized carbons (Fsp3) is 0.846. The van der Waals surface area contributed by atoms with Crippen molar-refractivity contribution < 1.29 is 14.3 Å². The van der Waals surface area contributed by atoms with Crippen LogP contribution in [0.4, 0.5) is 4.79 Å². The third-order valence-electron chi connectivity index (χ3n) is 3.71. The molecule has 0 bridgehead atoms. The molecule has 0 aromatic rings. The van der Waals surface area contributed by atoms with Gasteiger partial charge in [0.15, 0.2) is 0 Å². The number of hydrogen-bond acceptors (Lipinski definition) is 3. The number of rotatable bonds is 1. The van der Waals surface area contributed by atoms with Crippen LogP contribution in [0.2, 0.25) is 0 Å². The first-order chi connectivity index (χ1) is 8.34. The van der Waals surface area contributed by atoms with Gasteiger partial charge < -0.3 is 14.5 Å². The molecule has 5 heteroatoms. The van der Waals surface area contributed by atoms with Crippen molar-refractivity contribution in [1.82, 2.24) is 9.80 Å². The monoisotopic (exact) mass is 254 g/mol. The Balaban J connectivity index is 1.80. The van der Waals surface area contributed by atoms with Crippen molar-refractivity contribution in [3.8, 4) is 0 Å². The number of likely N-dealkylation sites (tertiary alicyclic amines) is 2. The highest BCUT2D eigenvalue weighted by Crippen LogP contribution is 2.40. The van der Waals surface area contributed by atoms with Gasteiger partial charge in [-0.1, -0.05) is 0 Å². The topological polar surface area (TPSA) is 49.9 Å². The summed E-state index contributed by atoms with van der Waals surface area (Å²) < 4.78 is 5.34. The van der Waals surface area contributed by atoms with Crippen molar-refractivity contribution in [3.05, 3.63) is 0 Å². The van der Waals surface area contributed by atoms with Gasteiger partial charge >= 0.3 is 6.09 Å².